The zero-order valence-corrected chi connectivity index (χ0v) is 21.2. The van der Waals surface area contributed by atoms with Crippen molar-refractivity contribution in [3.63, 3.8) is 0 Å². The number of ether oxygens (including phenoxy) is 2. The maximum absolute atomic E-state index is 14.0. The van der Waals surface area contributed by atoms with E-state index >= 15 is 0 Å². The summed E-state index contributed by atoms with van der Waals surface area (Å²) in [5.41, 5.74) is 4.57. The van der Waals surface area contributed by atoms with E-state index in [9.17, 15) is 18.0 Å². The van der Waals surface area contributed by atoms with Crippen LogP contribution in [0.4, 0.5) is 18.9 Å². The Balaban J connectivity index is 1.60. The molecule has 0 saturated carbocycles. The van der Waals surface area contributed by atoms with Gasteiger partial charge in [0.05, 0.1) is 18.7 Å². The first-order chi connectivity index (χ1) is 17.6. The van der Waals surface area contributed by atoms with Gasteiger partial charge in [-0.1, -0.05) is 44.2 Å². The molecular formula is C29H31F3N2O3. The number of aromatic nitrogens is 1. The molecule has 2 aromatic carbocycles. The fourth-order valence-electron chi connectivity index (χ4n) is 4.68. The number of hydrogen-bond donors (Lipinski definition) is 0. The van der Waals surface area contributed by atoms with Crippen LogP contribution in [0.5, 0.6) is 11.6 Å². The van der Waals surface area contributed by atoms with Gasteiger partial charge in [0.2, 0.25) is 11.8 Å². The Morgan fingerprint density at radius 3 is 2.38 bits per heavy atom. The van der Waals surface area contributed by atoms with E-state index < -0.39 is 12.3 Å². The Morgan fingerprint density at radius 2 is 1.76 bits per heavy atom. The Kier molecular flexibility index (Phi) is 8.05. The summed E-state index contributed by atoms with van der Waals surface area (Å²) in [6.45, 7) is 4.60. The molecule has 0 bridgehead atoms. The number of aryl methyl sites for hydroxylation is 1. The zero-order valence-electron chi connectivity index (χ0n) is 21.2. The molecule has 0 radical (unpaired) electrons. The van der Waals surface area contributed by atoms with Gasteiger partial charge in [0.25, 0.3) is 0 Å². The van der Waals surface area contributed by atoms with E-state index in [-0.39, 0.29) is 11.7 Å². The van der Waals surface area contributed by atoms with Crippen LogP contribution in [0.2, 0.25) is 0 Å². The number of amides is 1. The van der Waals surface area contributed by atoms with Crippen LogP contribution in [0.3, 0.4) is 0 Å². The Bertz CT molecular complexity index is 1210. The van der Waals surface area contributed by atoms with Crippen molar-refractivity contribution in [3.05, 3.63) is 83.0 Å². The van der Waals surface area contributed by atoms with Gasteiger partial charge in [-0.15, -0.1) is 13.2 Å². The molecule has 0 saturated heterocycles. The van der Waals surface area contributed by atoms with Crippen molar-refractivity contribution in [3.8, 4) is 11.6 Å². The molecule has 196 valence electrons. The molecule has 0 fully saturated rings. The largest absolute Gasteiger partial charge is 0.573 e. The highest BCUT2D eigenvalue weighted by Crippen LogP contribution is 2.35. The third kappa shape index (κ3) is 6.61. The number of carbonyl (C=O) groups excluding carboxylic acids is 1. The predicted molar refractivity (Wildman–Crippen MR) is 136 cm³/mol. The number of hydrogen-bond acceptors (Lipinski definition) is 4. The Hall–Kier alpha value is -3.55. The molecule has 4 rings (SSSR count). The van der Waals surface area contributed by atoms with E-state index in [4.69, 9.17) is 4.74 Å². The molecule has 0 N–H and O–H groups in total. The van der Waals surface area contributed by atoms with Crippen LogP contribution in [0.15, 0.2) is 60.7 Å². The van der Waals surface area contributed by atoms with Crippen molar-refractivity contribution < 1.29 is 27.4 Å². The molecule has 1 unspecified atom stereocenters. The molecule has 1 atom stereocenters. The molecule has 1 aliphatic rings. The maximum Gasteiger partial charge on any atom is 0.573 e. The molecule has 0 spiro atoms. The number of fused-ring (bicyclic) bond motifs is 1. The summed E-state index contributed by atoms with van der Waals surface area (Å²) in [6, 6.07) is 17.5. The van der Waals surface area contributed by atoms with Crippen LogP contribution in [0.25, 0.3) is 0 Å². The van der Waals surface area contributed by atoms with Gasteiger partial charge in [0, 0.05) is 18.3 Å². The minimum absolute atomic E-state index is 0.0453. The first-order valence-corrected chi connectivity index (χ1v) is 12.4. The molecule has 37 heavy (non-hydrogen) atoms. The highest BCUT2D eigenvalue weighted by molar-refractivity contribution is 5.98. The lowest BCUT2D eigenvalue weighted by Gasteiger charge is -2.31. The molecule has 3 aromatic rings. The summed E-state index contributed by atoms with van der Waals surface area (Å²) < 4.78 is 46.8. The third-order valence-electron chi connectivity index (χ3n) is 6.68. The van der Waals surface area contributed by atoms with Crippen LogP contribution in [0.1, 0.15) is 60.9 Å². The first-order valence-electron chi connectivity index (χ1n) is 12.4. The summed E-state index contributed by atoms with van der Waals surface area (Å²) in [5, 5.41) is 0. The van der Waals surface area contributed by atoms with E-state index in [1.54, 1.807) is 24.1 Å². The first kappa shape index (κ1) is 26.5. The fraction of sp³-hybridized carbons (Fsp3) is 0.379. The Morgan fingerprint density at radius 1 is 1.05 bits per heavy atom. The van der Waals surface area contributed by atoms with E-state index in [2.05, 4.69) is 23.6 Å². The number of methoxy groups -OCH3 is 1. The smallest absolute Gasteiger partial charge is 0.481 e. The molecule has 5 nitrogen and oxygen atoms in total. The van der Waals surface area contributed by atoms with Crippen molar-refractivity contribution in [2.45, 2.75) is 57.7 Å². The maximum atomic E-state index is 14.0. The number of nitrogens with zero attached hydrogens (tertiary/aromatic N) is 2. The quantitative estimate of drug-likeness (QED) is 0.333. The second-order valence-corrected chi connectivity index (χ2v) is 9.52. The second kappa shape index (κ2) is 11.2. The number of alkyl halides is 3. The highest BCUT2D eigenvalue weighted by atomic mass is 19.4. The summed E-state index contributed by atoms with van der Waals surface area (Å²) in [7, 11) is 1.56. The lowest BCUT2D eigenvalue weighted by Crippen LogP contribution is -2.38. The molecule has 1 heterocycles. The van der Waals surface area contributed by atoms with Crippen molar-refractivity contribution in [1.29, 1.82) is 0 Å². The van der Waals surface area contributed by atoms with E-state index in [1.807, 2.05) is 36.4 Å². The molecule has 8 heteroatoms. The average Bonchev–Trinajstić information content (AvgIpc) is 2.88. The van der Waals surface area contributed by atoms with Crippen molar-refractivity contribution in [2.75, 3.05) is 18.6 Å². The van der Waals surface area contributed by atoms with Gasteiger partial charge < -0.3 is 14.4 Å². The van der Waals surface area contributed by atoms with Crippen LogP contribution >= 0.6 is 0 Å². The fourth-order valence-corrected chi connectivity index (χ4v) is 4.68. The van der Waals surface area contributed by atoms with Gasteiger partial charge in [-0.05, 0) is 72.6 Å². The number of pyridine rings is 1. The highest BCUT2D eigenvalue weighted by Gasteiger charge is 2.33. The summed E-state index contributed by atoms with van der Waals surface area (Å²) in [5.74, 6) is 0.125. The third-order valence-corrected chi connectivity index (χ3v) is 6.68. The topological polar surface area (TPSA) is 51.7 Å². The van der Waals surface area contributed by atoms with Crippen LogP contribution < -0.4 is 14.4 Å². The van der Waals surface area contributed by atoms with Crippen molar-refractivity contribution in [2.24, 2.45) is 0 Å². The standard InChI is InChI=1S/C29H31F3N2O3/c1-19(2)21-9-12-23(13-10-21)34(18-17-20-7-14-24(15-8-20)37-29(30,31)32)28(35)25-6-4-5-22-11-16-26(36-3)33-27(22)25/h7-16,19,25H,4-6,17-18H2,1-3H3. The van der Waals surface area contributed by atoms with E-state index in [0.29, 0.717) is 31.2 Å². The molecule has 1 aromatic heterocycles. The molecular weight excluding hydrogens is 481 g/mol. The van der Waals surface area contributed by atoms with Gasteiger partial charge in [-0.2, -0.15) is 0 Å². The number of rotatable bonds is 8. The molecule has 1 amide bonds. The summed E-state index contributed by atoms with van der Waals surface area (Å²) in [4.78, 5) is 20.4. The minimum atomic E-state index is -4.74. The van der Waals surface area contributed by atoms with Crippen molar-refractivity contribution >= 4 is 11.6 Å². The van der Waals surface area contributed by atoms with Gasteiger partial charge >= 0.3 is 6.36 Å². The molecule has 0 aliphatic heterocycles. The lowest BCUT2D eigenvalue weighted by molar-refractivity contribution is -0.274. The van der Waals surface area contributed by atoms with E-state index in [1.165, 1.54) is 17.7 Å². The zero-order chi connectivity index (χ0) is 26.6. The van der Waals surface area contributed by atoms with Gasteiger partial charge in [0.1, 0.15) is 5.75 Å². The Labute approximate surface area is 215 Å². The van der Waals surface area contributed by atoms with Crippen LogP contribution in [0, 0.1) is 0 Å². The monoisotopic (exact) mass is 512 g/mol. The van der Waals surface area contributed by atoms with Gasteiger partial charge in [-0.3, -0.25) is 4.79 Å². The summed E-state index contributed by atoms with van der Waals surface area (Å²) in [6.07, 6.45) is -1.82. The number of anilines is 1. The summed E-state index contributed by atoms with van der Waals surface area (Å²) >= 11 is 0. The van der Waals surface area contributed by atoms with Crippen LogP contribution in [-0.4, -0.2) is 30.9 Å². The molecule has 1 aliphatic carbocycles. The van der Waals surface area contributed by atoms with Gasteiger partial charge in [-0.25, -0.2) is 4.98 Å². The lowest BCUT2D eigenvalue weighted by atomic mass is 9.85. The second-order valence-electron chi connectivity index (χ2n) is 9.52. The van der Waals surface area contributed by atoms with Crippen molar-refractivity contribution in [1.82, 2.24) is 4.98 Å². The van der Waals surface area contributed by atoms with Gasteiger partial charge in [0.15, 0.2) is 0 Å². The SMILES string of the molecule is COc1ccc2c(n1)C(C(=O)N(CCc1ccc(OC(F)(F)F)cc1)c1ccc(C(C)C)cc1)CCC2. The minimum Gasteiger partial charge on any atom is -0.481 e. The predicted octanol–water partition coefficient (Wildman–Crippen LogP) is 6.81. The normalized spacial score (nSPS) is 15.3. The number of benzene rings is 2. The average molecular weight is 513 g/mol. The number of carbonyl (C=O) groups is 1. The van der Waals surface area contributed by atoms with Crippen LogP contribution in [-0.2, 0) is 17.6 Å². The van der Waals surface area contributed by atoms with E-state index in [0.717, 1.165) is 35.3 Å². The number of halogens is 3.